The Balaban J connectivity index is 1.08. The van der Waals surface area contributed by atoms with Crippen molar-refractivity contribution in [3.05, 3.63) is 77.6 Å². The van der Waals surface area contributed by atoms with Gasteiger partial charge in [0.15, 0.2) is 5.82 Å². The number of carbonyl (C=O) groups excluding carboxylic acids is 1. The second-order valence-corrected chi connectivity index (χ2v) is 13.8. The molecule has 5 heterocycles. The van der Waals surface area contributed by atoms with E-state index in [9.17, 15) is 4.79 Å². The second-order valence-electron chi connectivity index (χ2n) is 13.8. The first-order chi connectivity index (χ1) is 20.5. The van der Waals surface area contributed by atoms with Crippen molar-refractivity contribution in [2.45, 2.75) is 51.7 Å². The number of anilines is 1. The van der Waals surface area contributed by atoms with Crippen LogP contribution in [-0.4, -0.2) is 73.0 Å². The number of likely N-dealkylation sites (tertiary alicyclic amines) is 1. The Labute approximate surface area is 251 Å². The molecular formula is C33H36N8O2. The molecule has 43 heavy (non-hydrogen) atoms. The van der Waals surface area contributed by atoms with Gasteiger partial charge in [-0.1, -0.05) is 18.2 Å². The van der Waals surface area contributed by atoms with E-state index in [1.54, 1.807) is 0 Å². The molecule has 0 bridgehead atoms. The van der Waals surface area contributed by atoms with Crippen LogP contribution in [0.25, 0.3) is 16.8 Å². The van der Waals surface area contributed by atoms with Gasteiger partial charge in [0.2, 0.25) is 0 Å². The number of aryl methyl sites for hydroxylation is 2. The summed E-state index contributed by atoms with van der Waals surface area (Å²) in [5.74, 6) is 1.80. The lowest BCUT2D eigenvalue weighted by atomic mass is 9.73. The molecule has 0 unspecified atom stereocenters. The van der Waals surface area contributed by atoms with Gasteiger partial charge in [-0.05, 0) is 70.4 Å². The summed E-state index contributed by atoms with van der Waals surface area (Å²) in [6.45, 7) is 11.1. The van der Waals surface area contributed by atoms with Crippen LogP contribution in [0, 0.1) is 12.3 Å². The smallest absolute Gasteiger partial charge is 0.410 e. The monoisotopic (exact) mass is 576 g/mol. The molecule has 0 radical (unpaired) electrons. The predicted molar refractivity (Wildman–Crippen MR) is 164 cm³/mol. The fraction of sp³-hybridized carbons (Fsp3) is 0.424. The topological polar surface area (TPSA) is 93.7 Å². The molecule has 0 N–H and O–H groups in total. The van der Waals surface area contributed by atoms with Crippen LogP contribution in [0.15, 0.2) is 59.9 Å². The third-order valence-corrected chi connectivity index (χ3v) is 9.08. The van der Waals surface area contributed by atoms with E-state index in [0.717, 1.165) is 84.3 Å². The van der Waals surface area contributed by atoms with Crippen LogP contribution in [0.2, 0.25) is 0 Å². The minimum absolute atomic E-state index is 0.174. The number of aromatic nitrogens is 5. The molecule has 2 aromatic carbocycles. The molecule has 4 aliphatic rings. The number of fused-ring (bicyclic) bond motifs is 4. The zero-order valence-electron chi connectivity index (χ0n) is 25.3. The van der Waals surface area contributed by atoms with E-state index in [-0.39, 0.29) is 17.0 Å². The molecule has 3 aliphatic heterocycles. The fourth-order valence-corrected chi connectivity index (χ4v) is 6.82. The maximum atomic E-state index is 12.4. The zero-order valence-corrected chi connectivity index (χ0v) is 25.3. The zero-order chi connectivity index (χ0) is 29.7. The van der Waals surface area contributed by atoms with Gasteiger partial charge in [0, 0.05) is 67.2 Å². The van der Waals surface area contributed by atoms with Crippen molar-refractivity contribution in [3.63, 3.8) is 0 Å². The van der Waals surface area contributed by atoms with Crippen molar-refractivity contribution in [2.75, 3.05) is 31.1 Å². The van der Waals surface area contributed by atoms with Gasteiger partial charge in [-0.15, -0.1) is 10.2 Å². The third-order valence-electron chi connectivity index (χ3n) is 9.08. The van der Waals surface area contributed by atoms with E-state index < -0.39 is 5.60 Å². The van der Waals surface area contributed by atoms with E-state index in [2.05, 4.69) is 67.2 Å². The highest BCUT2D eigenvalue weighted by Crippen LogP contribution is 2.52. The molecule has 1 amide bonds. The summed E-state index contributed by atoms with van der Waals surface area (Å²) in [6, 6.07) is 15.3. The molecule has 4 aromatic rings. The number of ether oxygens (including phenoxy) is 1. The molecule has 1 aliphatic carbocycles. The Kier molecular flexibility index (Phi) is 5.34. The molecule has 2 spiro atoms. The SMILES string of the molecule is Cc1nnc2n1-c1ccc(-c3cnn(C)c3)cc1C(c1ccc(N3CC4(CN(C(=O)OC(C)(C)C)C4)C3)cc1)=NC21CC1. The van der Waals surface area contributed by atoms with Crippen molar-refractivity contribution in [2.24, 2.45) is 17.5 Å². The fourth-order valence-electron chi connectivity index (χ4n) is 6.82. The van der Waals surface area contributed by atoms with Crippen LogP contribution in [0.3, 0.4) is 0 Å². The van der Waals surface area contributed by atoms with Crippen LogP contribution in [0.1, 0.15) is 56.4 Å². The van der Waals surface area contributed by atoms with Gasteiger partial charge in [-0.2, -0.15) is 5.10 Å². The van der Waals surface area contributed by atoms with Crippen LogP contribution >= 0.6 is 0 Å². The van der Waals surface area contributed by atoms with Gasteiger partial charge in [0.1, 0.15) is 17.0 Å². The molecule has 0 atom stereocenters. The second kappa shape index (κ2) is 8.78. The highest BCUT2D eigenvalue weighted by atomic mass is 16.6. The average Bonchev–Trinajstić information content (AvgIpc) is 3.43. The Morgan fingerprint density at radius 3 is 2.30 bits per heavy atom. The van der Waals surface area contributed by atoms with Gasteiger partial charge in [-0.3, -0.25) is 14.2 Å². The Morgan fingerprint density at radius 2 is 1.65 bits per heavy atom. The molecule has 10 nitrogen and oxygen atoms in total. The van der Waals surface area contributed by atoms with E-state index >= 15 is 0 Å². The molecule has 2 aromatic heterocycles. The number of nitrogens with zero attached hydrogens (tertiary/aromatic N) is 8. The van der Waals surface area contributed by atoms with Crippen molar-refractivity contribution in [3.8, 4) is 16.8 Å². The first-order valence-corrected chi connectivity index (χ1v) is 15.0. The lowest BCUT2D eigenvalue weighted by molar-refractivity contribution is -0.0453. The first-order valence-electron chi connectivity index (χ1n) is 15.0. The number of aliphatic imine (C=N–C) groups is 1. The molecule has 8 rings (SSSR count). The summed E-state index contributed by atoms with van der Waals surface area (Å²) < 4.78 is 9.56. The highest BCUT2D eigenvalue weighted by Gasteiger charge is 2.54. The van der Waals surface area contributed by atoms with E-state index in [4.69, 9.17) is 9.73 Å². The van der Waals surface area contributed by atoms with Gasteiger partial charge >= 0.3 is 6.09 Å². The maximum absolute atomic E-state index is 12.4. The van der Waals surface area contributed by atoms with Crippen molar-refractivity contribution >= 4 is 17.5 Å². The number of hydrogen-bond acceptors (Lipinski definition) is 7. The number of carbonyl (C=O) groups is 1. The minimum Gasteiger partial charge on any atom is -0.444 e. The number of amides is 1. The summed E-state index contributed by atoms with van der Waals surface area (Å²) in [6.07, 6.45) is 5.66. The standard InChI is InChI=1S/C33H36N8O2/c1-21-36-37-29-33(12-13-33)35-28(26-14-23(8-11-27(26)41(21)29)24-15-34-38(5)16-24)22-6-9-25(10-7-22)39-17-32(18-39)19-40(20-32)30(42)43-31(2,3)4/h6-11,14-16H,12-13,17-20H2,1-5H3. The van der Waals surface area contributed by atoms with Crippen molar-refractivity contribution < 1.29 is 9.53 Å². The number of rotatable bonds is 3. The lowest BCUT2D eigenvalue weighted by Gasteiger charge is -2.60. The normalized spacial score (nSPS) is 19.2. The Morgan fingerprint density at radius 1 is 0.930 bits per heavy atom. The molecule has 1 saturated carbocycles. The van der Waals surface area contributed by atoms with E-state index in [1.807, 2.05) is 56.7 Å². The highest BCUT2D eigenvalue weighted by molar-refractivity contribution is 6.16. The third kappa shape index (κ3) is 4.25. The largest absolute Gasteiger partial charge is 0.444 e. The van der Waals surface area contributed by atoms with E-state index in [1.165, 1.54) is 5.69 Å². The summed E-state index contributed by atoms with van der Waals surface area (Å²) in [7, 11) is 1.94. The van der Waals surface area contributed by atoms with Crippen LogP contribution < -0.4 is 4.90 Å². The van der Waals surface area contributed by atoms with Crippen molar-refractivity contribution in [1.29, 1.82) is 0 Å². The first kappa shape index (κ1) is 26.2. The summed E-state index contributed by atoms with van der Waals surface area (Å²) in [4.78, 5) is 22.1. The van der Waals surface area contributed by atoms with Crippen LogP contribution in [0.4, 0.5) is 10.5 Å². The quantitative estimate of drug-likeness (QED) is 0.345. The van der Waals surface area contributed by atoms with Gasteiger partial charge in [0.25, 0.3) is 0 Å². The summed E-state index contributed by atoms with van der Waals surface area (Å²) >= 11 is 0. The Bertz CT molecular complexity index is 1790. The van der Waals surface area contributed by atoms with Crippen LogP contribution in [-0.2, 0) is 17.3 Å². The Hall–Kier alpha value is -4.47. The molecule has 10 heteroatoms. The molecular weight excluding hydrogens is 540 g/mol. The van der Waals surface area contributed by atoms with E-state index in [0.29, 0.717) is 0 Å². The van der Waals surface area contributed by atoms with Crippen LogP contribution in [0.5, 0.6) is 0 Å². The summed E-state index contributed by atoms with van der Waals surface area (Å²) in [5.41, 5.74) is 6.93. The van der Waals surface area contributed by atoms with Gasteiger partial charge in [0.05, 0.1) is 17.6 Å². The minimum atomic E-state index is -0.467. The molecule has 220 valence electrons. The number of hydrogen-bond donors (Lipinski definition) is 0. The molecule has 3 fully saturated rings. The van der Waals surface area contributed by atoms with Gasteiger partial charge in [-0.25, -0.2) is 4.79 Å². The van der Waals surface area contributed by atoms with Gasteiger partial charge < -0.3 is 14.5 Å². The predicted octanol–water partition coefficient (Wildman–Crippen LogP) is 4.87. The number of benzene rings is 2. The maximum Gasteiger partial charge on any atom is 0.410 e. The lowest BCUT2D eigenvalue weighted by Crippen LogP contribution is -2.73. The molecule has 2 saturated heterocycles. The average molecular weight is 577 g/mol. The van der Waals surface area contributed by atoms with Crippen molar-refractivity contribution in [1.82, 2.24) is 29.4 Å². The summed E-state index contributed by atoms with van der Waals surface area (Å²) in [5, 5.41) is 13.5.